The summed E-state index contributed by atoms with van der Waals surface area (Å²) in [4.78, 5) is -0.0855. The number of nitrogens with two attached hydrogens (primary N) is 1. The largest absolute Gasteiger partial charge is 0.399 e. The average molecular weight is 322 g/mol. The first-order valence-electron chi connectivity index (χ1n) is 5.92. The van der Waals surface area contributed by atoms with Gasteiger partial charge in [-0.1, -0.05) is 11.6 Å². The summed E-state index contributed by atoms with van der Waals surface area (Å²) in [7, 11) is -3.83. The second kappa shape index (κ2) is 5.64. The molecule has 0 aliphatic rings. The number of rotatable bonds is 3. The second-order valence-corrected chi connectivity index (χ2v) is 6.49. The molecule has 0 aromatic heterocycles. The number of anilines is 2. The number of nitrogens with zero attached hydrogens (tertiary/aromatic N) is 1. The van der Waals surface area contributed by atoms with E-state index in [1.807, 2.05) is 6.07 Å². The van der Waals surface area contributed by atoms with Crippen LogP contribution in [0.15, 0.2) is 41.3 Å². The van der Waals surface area contributed by atoms with Gasteiger partial charge in [-0.25, -0.2) is 8.42 Å². The van der Waals surface area contributed by atoms with E-state index >= 15 is 0 Å². The third-order valence-corrected chi connectivity index (χ3v) is 4.74. The first-order valence-corrected chi connectivity index (χ1v) is 7.78. The van der Waals surface area contributed by atoms with Gasteiger partial charge in [0.2, 0.25) is 0 Å². The van der Waals surface area contributed by atoms with Crippen molar-refractivity contribution in [1.29, 1.82) is 5.26 Å². The Hall–Kier alpha value is -2.23. The predicted molar refractivity (Wildman–Crippen MR) is 82.6 cm³/mol. The van der Waals surface area contributed by atoms with Crippen LogP contribution in [0.3, 0.4) is 0 Å². The van der Waals surface area contributed by atoms with Crippen molar-refractivity contribution in [1.82, 2.24) is 0 Å². The highest BCUT2D eigenvalue weighted by Crippen LogP contribution is 2.25. The Labute approximate surface area is 128 Å². The normalized spacial score (nSPS) is 10.9. The third-order valence-electron chi connectivity index (χ3n) is 2.87. The lowest BCUT2D eigenvalue weighted by Gasteiger charge is -2.11. The maximum absolute atomic E-state index is 12.3. The number of sulfonamides is 1. The Morgan fingerprint density at radius 3 is 2.52 bits per heavy atom. The molecule has 0 spiro atoms. The lowest BCUT2D eigenvalue weighted by molar-refractivity contribution is 0.601. The molecule has 0 fully saturated rings. The zero-order valence-electron chi connectivity index (χ0n) is 11.1. The Bertz CT molecular complexity index is 842. The zero-order valence-corrected chi connectivity index (χ0v) is 12.7. The summed E-state index contributed by atoms with van der Waals surface area (Å²) in [6, 6.07) is 10.7. The summed E-state index contributed by atoms with van der Waals surface area (Å²) in [5, 5.41) is 8.76. The third kappa shape index (κ3) is 3.27. The highest BCUT2D eigenvalue weighted by Gasteiger charge is 2.18. The molecule has 0 amide bonds. The minimum Gasteiger partial charge on any atom is -0.399 e. The fourth-order valence-electron chi connectivity index (χ4n) is 1.74. The minimum atomic E-state index is -3.83. The summed E-state index contributed by atoms with van der Waals surface area (Å²) >= 11 is 5.93. The molecule has 3 N–H and O–H groups in total. The van der Waals surface area contributed by atoms with Gasteiger partial charge < -0.3 is 5.73 Å². The summed E-state index contributed by atoms with van der Waals surface area (Å²) in [5.74, 6) is 0. The fourth-order valence-corrected chi connectivity index (χ4v) is 3.33. The van der Waals surface area contributed by atoms with Gasteiger partial charge in [0, 0.05) is 11.4 Å². The molecule has 21 heavy (non-hydrogen) atoms. The number of aryl methyl sites for hydroxylation is 1. The van der Waals surface area contributed by atoms with Crippen LogP contribution in [-0.4, -0.2) is 8.42 Å². The van der Waals surface area contributed by atoms with Crippen molar-refractivity contribution in [3.8, 4) is 6.07 Å². The van der Waals surface area contributed by atoms with E-state index in [0.717, 1.165) is 5.56 Å². The van der Waals surface area contributed by atoms with Crippen LogP contribution in [0.5, 0.6) is 0 Å². The van der Waals surface area contributed by atoms with E-state index in [0.29, 0.717) is 16.9 Å². The molecule has 0 atom stereocenters. The van der Waals surface area contributed by atoms with Gasteiger partial charge >= 0.3 is 0 Å². The molecule has 5 nitrogen and oxygen atoms in total. The molecule has 0 radical (unpaired) electrons. The van der Waals surface area contributed by atoms with Crippen molar-refractivity contribution in [2.45, 2.75) is 11.8 Å². The summed E-state index contributed by atoms with van der Waals surface area (Å²) in [5.41, 5.74) is 7.72. The van der Waals surface area contributed by atoms with Crippen LogP contribution in [0.25, 0.3) is 0 Å². The predicted octanol–water partition coefficient (Wildman–Crippen LogP) is 2.90. The van der Waals surface area contributed by atoms with E-state index < -0.39 is 10.0 Å². The maximum Gasteiger partial charge on any atom is 0.263 e. The number of nitrogens with one attached hydrogen (secondary N) is 1. The van der Waals surface area contributed by atoms with Gasteiger partial charge in [-0.05, 0) is 48.9 Å². The lowest BCUT2D eigenvalue weighted by Crippen LogP contribution is -2.13. The number of benzene rings is 2. The second-order valence-electron chi connectivity index (χ2n) is 4.43. The highest BCUT2D eigenvalue weighted by molar-refractivity contribution is 7.92. The number of hydrogen-bond donors (Lipinski definition) is 2. The standard InChI is InChI=1S/C14H12ClN3O2S/c1-9-6-11(3-4-13(9)17)18-21(19,20)14-5-2-10(8-16)7-12(14)15/h2-7,18H,17H2,1H3. The first kappa shape index (κ1) is 15.2. The van der Waals surface area contributed by atoms with E-state index in [9.17, 15) is 8.42 Å². The quantitative estimate of drug-likeness (QED) is 0.849. The summed E-state index contributed by atoms with van der Waals surface area (Å²) in [6.45, 7) is 1.78. The Morgan fingerprint density at radius 2 is 1.95 bits per heavy atom. The molecule has 0 heterocycles. The summed E-state index contributed by atoms with van der Waals surface area (Å²) in [6.07, 6.45) is 0. The summed E-state index contributed by atoms with van der Waals surface area (Å²) < 4.78 is 27.0. The van der Waals surface area contributed by atoms with Crippen LogP contribution in [0.2, 0.25) is 5.02 Å². The monoisotopic (exact) mass is 321 g/mol. The molecule has 0 aliphatic heterocycles. The van der Waals surface area contributed by atoms with Gasteiger partial charge in [0.25, 0.3) is 10.0 Å². The molecule has 0 saturated carbocycles. The van der Waals surface area contributed by atoms with Gasteiger partial charge in [0.1, 0.15) is 4.90 Å². The van der Waals surface area contributed by atoms with Gasteiger partial charge in [-0.15, -0.1) is 0 Å². The number of hydrogen-bond acceptors (Lipinski definition) is 4. The zero-order chi connectivity index (χ0) is 15.6. The molecule has 0 saturated heterocycles. The molecule has 0 aliphatic carbocycles. The van der Waals surface area contributed by atoms with Crippen molar-refractivity contribution < 1.29 is 8.42 Å². The topological polar surface area (TPSA) is 96.0 Å². The molecule has 0 unspecified atom stereocenters. The molecule has 7 heteroatoms. The highest BCUT2D eigenvalue weighted by atomic mass is 35.5. The van der Waals surface area contributed by atoms with Crippen molar-refractivity contribution in [3.63, 3.8) is 0 Å². The molecule has 0 bridgehead atoms. The van der Waals surface area contributed by atoms with Crippen LogP contribution in [0.4, 0.5) is 11.4 Å². The van der Waals surface area contributed by atoms with Gasteiger partial charge in [0.15, 0.2) is 0 Å². The minimum absolute atomic E-state index is 0.00582. The van der Waals surface area contributed by atoms with Crippen LogP contribution < -0.4 is 10.5 Å². The molecule has 2 aromatic rings. The van der Waals surface area contributed by atoms with Crippen molar-refractivity contribution in [3.05, 3.63) is 52.5 Å². The number of nitriles is 1. The van der Waals surface area contributed by atoms with Gasteiger partial charge in [-0.3, -0.25) is 4.72 Å². The van der Waals surface area contributed by atoms with Crippen LogP contribution in [0, 0.1) is 18.3 Å². The van der Waals surface area contributed by atoms with E-state index in [2.05, 4.69) is 4.72 Å². The molecule has 2 aromatic carbocycles. The number of nitrogen functional groups attached to an aromatic ring is 1. The Balaban J connectivity index is 2.38. The van der Waals surface area contributed by atoms with Crippen LogP contribution in [-0.2, 0) is 10.0 Å². The molecule has 2 rings (SSSR count). The van der Waals surface area contributed by atoms with E-state index in [1.54, 1.807) is 25.1 Å². The smallest absolute Gasteiger partial charge is 0.263 e. The number of halogens is 1. The van der Waals surface area contributed by atoms with Crippen molar-refractivity contribution in [2.24, 2.45) is 0 Å². The first-order chi connectivity index (χ1) is 9.83. The van der Waals surface area contributed by atoms with Gasteiger partial charge in [0.05, 0.1) is 16.7 Å². The van der Waals surface area contributed by atoms with Gasteiger partial charge in [-0.2, -0.15) is 5.26 Å². The van der Waals surface area contributed by atoms with Crippen LogP contribution >= 0.6 is 11.6 Å². The molecular formula is C14H12ClN3O2S. The Kier molecular flexibility index (Phi) is 4.07. The van der Waals surface area contributed by atoms with E-state index in [-0.39, 0.29) is 9.92 Å². The van der Waals surface area contributed by atoms with E-state index in [1.165, 1.54) is 18.2 Å². The molecule has 108 valence electrons. The Morgan fingerprint density at radius 1 is 1.24 bits per heavy atom. The lowest BCUT2D eigenvalue weighted by atomic mass is 10.2. The molecular weight excluding hydrogens is 310 g/mol. The van der Waals surface area contributed by atoms with Crippen LogP contribution in [0.1, 0.15) is 11.1 Å². The van der Waals surface area contributed by atoms with Crippen molar-refractivity contribution in [2.75, 3.05) is 10.5 Å². The average Bonchev–Trinajstić information content (AvgIpc) is 2.42. The SMILES string of the molecule is Cc1cc(NS(=O)(=O)c2ccc(C#N)cc2Cl)ccc1N. The van der Waals surface area contributed by atoms with E-state index in [4.69, 9.17) is 22.6 Å². The fraction of sp³-hybridized carbons (Fsp3) is 0.0714. The maximum atomic E-state index is 12.3. The van der Waals surface area contributed by atoms with Crippen molar-refractivity contribution >= 4 is 33.0 Å².